The molecule has 2 aromatic carbocycles. The summed E-state index contributed by atoms with van der Waals surface area (Å²) in [4.78, 5) is 11.3. The lowest BCUT2D eigenvalue weighted by molar-refractivity contribution is 0.0692. The molecule has 1 aliphatic rings. The van der Waals surface area contributed by atoms with E-state index in [1.165, 1.54) is 12.1 Å². The summed E-state index contributed by atoms with van der Waals surface area (Å²) in [6.07, 6.45) is 4.53. The Hall–Kier alpha value is -2.37. The number of carboxylic acids is 1. The highest BCUT2D eigenvalue weighted by Gasteiger charge is 2.28. The Morgan fingerprint density at radius 2 is 1.59 bits per heavy atom. The van der Waals surface area contributed by atoms with Gasteiger partial charge in [0.15, 0.2) is 17.5 Å². The largest absolute Gasteiger partial charge is 0.478 e. The van der Waals surface area contributed by atoms with Crippen LogP contribution in [0.5, 0.6) is 0 Å². The van der Waals surface area contributed by atoms with Gasteiger partial charge in [0.05, 0.1) is 5.56 Å². The Morgan fingerprint density at radius 3 is 2.11 bits per heavy atom. The third-order valence-electron chi connectivity index (χ3n) is 5.54. The van der Waals surface area contributed by atoms with E-state index in [4.69, 9.17) is 0 Å². The van der Waals surface area contributed by atoms with Crippen molar-refractivity contribution in [2.75, 3.05) is 0 Å². The predicted octanol–water partition coefficient (Wildman–Crippen LogP) is 6.29. The van der Waals surface area contributed by atoms with Crippen molar-refractivity contribution < 1.29 is 27.5 Å². The van der Waals surface area contributed by atoms with Gasteiger partial charge >= 0.3 is 5.97 Å². The summed E-state index contributed by atoms with van der Waals surface area (Å²) in [5.41, 5.74) is -0.425. The summed E-state index contributed by atoms with van der Waals surface area (Å²) in [5.74, 6) is -6.50. The molecular formula is C21H20F4O2. The number of hydrogen-bond donors (Lipinski definition) is 1. The standard InChI is InChI=1S/C21H20F4O2/c1-2-11-3-5-12(6-4-11)14-7-8-15(21(26)27)19(24)18(14)13-9-16(22)20(25)17(23)10-13/h7-12H,2-6H2,1H3,(H,26,27). The second kappa shape index (κ2) is 7.71. The van der Waals surface area contributed by atoms with Gasteiger partial charge in [-0.2, -0.15) is 0 Å². The molecule has 0 saturated heterocycles. The molecule has 0 aliphatic heterocycles. The van der Waals surface area contributed by atoms with Crippen LogP contribution in [0.3, 0.4) is 0 Å². The van der Waals surface area contributed by atoms with Crippen molar-refractivity contribution in [3.63, 3.8) is 0 Å². The smallest absolute Gasteiger partial charge is 0.338 e. The molecule has 0 bridgehead atoms. The van der Waals surface area contributed by atoms with Gasteiger partial charge in [-0.15, -0.1) is 0 Å². The zero-order valence-corrected chi connectivity index (χ0v) is 14.9. The van der Waals surface area contributed by atoms with Crippen molar-refractivity contribution in [1.82, 2.24) is 0 Å². The first kappa shape index (κ1) is 19.4. The number of benzene rings is 2. The van der Waals surface area contributed by atoms with Crippen LogP contribution in [0.4, 0.5) is 17.6 Å². The van der Waals surface area contributed by atoms with E-state index in [2.05, 4.69) is 6.92 Å². The first-order valence-corrected chi connectivity index (χ1v) is 9.04. The van der Waals surface area contributed by atoms with E-state index >= 15 is 4.39 Å². The van der Waals surface area contributed by atoms with Gasteiger partial charge < -0.3 is 5.11 Å². The topological polar surface area (TPSA) is 37.3 Å². The highest BCUT2D eigenvalue weighted by molar-refractivity contribution is 5.90. The Bertz CT molecular complexity index is 848. The second-order valence-corrected chi connectivity index (χ2v) is 7.08. The van der Waals surface area contributed by atoms with Crippen LogP contribution in [0.15, 0.2) is 24.3 Å². The fourth-order valence-electron chi connectivity index (χ4n) is 3.97. The van der Waals surface area contributed by atoms with Crippen LogP contribution in [-0.2, 0) is 0 Å². The summed E-state index contributed by atoms with van der Waals surface area (Å²) < 4.78 is 55.8. The van der Waals surface area contributed by atoms with Crippen molar-refractivity contribution in [3.8, 4) is 11.1 Å². The lowest BCUT2D eigenvalue weighted by Gasteiger charge is -2.30. The average Bonchev–Trinajstić information content (AvgIpc) is 2.65. The summed E-state index contributed by atoms with van der Waals surface area (Å²) in [7, 11) is 0. The predicted molar refractivity (Wildman–Crippen MR) is 93.7 cm³/mol. The van der Waals surface area contributed by atoms with Crippen molar-refractivity contribution in [2.45, 2.75) is 44.9 Å². The Labute approximate surface area is 154 Å². The molecule has 1 saturated carbocycles. The molecule has 27 heavy (non-hydrogen) atoms. The lowest BCUT2D eigenvalue weighted by atomic mass is 9.75. The van der Waals surface area contributed by atoms with Crippen LogP contribution in [0, 0.1) is 29.2 Å². The van der Waals surface area contributed by atoms with Crippen molar-refractivity contribution in [2.24, 2.45) is 5.92 Å². The maximum absolute atomic E-state index is 15.0. The van der Waals surface area contributed by atoms with Gasteiger partial charge in [-0.3, -0.25) is 0 Å². The van der Waals surface area contributed by atoms with E-state index in [0.717, 1.165) is 32.1 Å². The maximum Gasteiger partial charge on any atom is 0.338 e. The highest BCUT2D eigenvalue weighted by atomic mass is 19.2. The van der Waals surface area contributed by atoms with Gasteiger partial charge in [0.25, 0.3) is 0 Å². The van der Waals surface area contributed by atoms with Crippen LogP contribution in [0.2, 0.25) is 0 Å². The van der Waals surface area contributed by atoms with Gasteiger partial charge in [-0.05, 0) is 66.8 Å². The van der Waals surface area contributed by atoms with Crippen LogP contribution in [0.25, 0.3) is 11.1 Å². The maximum atomic E-state index is 15.0. The summed E-state index contributed by atoms with van der Waals surface area (Å²) in [5, 5.41) is 9.21. The van der Waals surface area contributed by atoms with Crippen LogP contribution in [-0.4, -0.2) is 11.1 Å². The average molecular weight is 380 g/mol. The van der Waals surface area contributed by atoms with Gasteiger partial charge in [-0.25, -0.2) is 22.4 Å². The van der Waals surface area contributed by atoms with Crippen molar-refractivity contribution in [1.29, 1.82) is 0 Å². The number of carboxylic acid groups (broad SMARTS) is 1. The zero-order chi connectivity index (χ0) is 19.7. The number of aromatic carboxylic acids is 1. The molecule has 2 aromatic rings. The second-order valence-electron chi connectivity index (χ2n) is 7.08. The molecule has 2 nitrogen and oxygen atoms in total. The third kappa shape index (κ3) is 3.70. The van der Waals surface area contributed by atoms with E-state index in [1.54, 1.807) is 0 Å². The van der Waals surface area contributed by atoms with E-state index in [-0.39, 0.29) is 17.0 Å². The Balaban J connectivity index is 2.15. The minimum atomic E-state index is -1.64. The van der Waals surface area contributed by atoms with E-state index in [9.17, 15) is 23.1 Å². The first-order chi connectivity index (χ1) is 12.8. The van der Waals surface area contributed by atoms with Gasteiger partial charge in [0.1, 0.15) is 5.82 Å². The zero-order valence-electron chi connectivity index (χ0n) is 14.9. The van der Waals surface area contributed by atoms with Crippen molar-refractivity contribution >= 4 is 5.97 Å². The number of hydrogen-bond acceptors (Lipinski definition) is 1. The van der Waals surface area contributed by atoms with Crippen LogP contribution < -0.4 is 0 Å². The molecule has 0 aromatic heterocycles. The van der Waals surface area contributed by atoms with Gasteiger partial charge in [0, 0.05) is 5.56 Å². The summed E-state index contributed by atoms with van der Waals surface area (Å²) in [6, 6.07) is 4.11. The van der Waals surface area contributed by atoms with Crippen LogP contribution in [0.1, 0.15) is 60.9 Å². The van der Waals surface area contributed by atoms with Crippen LogP contribution >= 0.6 is 0 Å². The van der Waals surface area contributed by atoms with Gasteiger partial charge in [0.2, 0.25) is 0 Å². The number of rotatable bonds is 4. The number of halogens is 4. The Morgan fingerprint density at radius 1 is 1.00 bits per heavy atom. The Kier molecular flexibility index (Phi) is 5.53. The SMILES string of the molecule is CCC1CCC(c2ccc(C(=O)O)c(F)c2-c2cc(F)c(F)c(F)c2)CC1. The molecule has 0 unspecified atom stereocenters. The molecule has 6 heteroatoms. The molecule has 0 amide bonds. The van der Waals surface area contributed by atoms with E-state index in [0.29, 0.717) is 23.6 Å². The molecule has 0 spiro atoms. The summed E-state index contributed by atoms with van der Waals surface area (Å²) in [6.45, 7) is 2.11. The molecular weight excluding hydrogens is 360 g/mol. The minimum absolute atomic E-state index is 0.0451. The highest BCUT2D eigenvalue weighted by Crippen LogP contribution is 2.42. The molecule has 0 radical (unpaired) electrons. The quantitative estimate of drug-likeness (QED) is 0.500. The molecule has 1 aliphatic carbocycles. The third-order valence-corrected chi connectivity index (χ3v) is 5.54. The number of carbonyl (C=O) groups is 1. The van der Waals surface area contributed by atoms with Gasteiger partial charge in [-0.1, -0.05) is 19.4 Å². The monoisotopic (exact) mass is 380 g/mol. The normalized spacial score (nSPS) is 19.9. The molecule has 0 atom stereocenters. The summed E-state index contributed by atoms with van der Waals surface area (Å²) >= 11 is 0. The molecule has 3 rings (SSSR count). The first-order valence-electron chi connectivity index (χ1n) is 9.04. The molecule has 144 valence electrons. The molecule has 1 N–H and O–H groups in total. The fourth-order valence-corrected chi connectivity index (χ4v) is 3.97. The van der Waals surface area contributed by atoms with E-state index in [1.807, 2.05) is 0 Å². The minimum Gasteiger partial charge on any atom is -0.478 e. The van der Waals surface area contributed by atoms with E-state index < -0.39 is 34.8 Å². The van der Waals surface area contributed by atoms with Crippen molar-refractivity contribution in [3.05, 3.63) is 58.7 Å². The fraction of sp³-hybridized carbons (Fsp3) is 0.381. The molecule has 0 heterocycles. The lowest BCUT2D eigenvalue weighted by Crippen LogP contribution is -2.15. The molecule has 1 fully saturated rings.